The number of rotatable bonds is 3. The van der Waals surface area contributed by atoms with Crippen LogP contribution in [0, 0.1) is 6.92 Å². The quantitative estimate of drug-likeness (QED) is 0.738. The molecule has 0 bridgehead atoms. The van der Waals surface area contributed by atoms with Gasteiger partial charge >= 0.3 is 0 Å². The molecule has 0 radical (unpaired) electrons. The molecule has 0 aliphatic heterocycles. The van der Waals surface area contributed by atoms with E-state index < -0.39 is 0 Å². The zero-order valence-corrected chi connectivity index (χ0v) is 8.77. The molecule has 0 aromatic carbocycles. The fourth-order valence-corrected chi connectivity index (χ4v) is 1.40. The Balaban J connectivity index is 2.47. The number of nitrogens with one attached hydrogen (secondary N) is 2. The van der Waals surface area contributed by atoms with E-state index in [1.54, 1.807) is 5.38 Å². The summed E-state index contributed by atoms with van der Waals surface area (Å²) in [4.78, 5) is 26.1. The number of nitrogens with zero attached hydrogens (tertiary/aromatic N) is 1. The molecule has 1 rings (SSSR count). The summed E-state index contributed by atoms with van der Waals surface area (Å²) in [6.07, 6.45) is 0. The molecule has 0 aliphatic carbocycles. The topological polar surface area (TPSA) is 71.1 Å². The van der Waals surface area contributed by atoms with Crippen molar-refractivity contribution < 1.29 is 9.59 Å². The molecule has 1 aromatic heterocycles. The van der Waals surface area contributed by atoms with Crippen LogP contribution in [-0.2, 0) is 4.79 Å². The predicted molar refractivity (Wildman–Crippen MR) is 53.3 cm³/mol. The zero-order chi connectivity index (χ0) is 10.6. The van der Waals surface area contributed by atoms with Gasteiger partial charge in [0.15, 0.2) is 0 Å². The zero-order valence-electron chi connectivity index (χ0n) is 7.96. The first kappa shape index (κ1) is 10.6. The highest BCUT2D eigenvalue weighted by atomic mass is 32.1. The molecular weight excluding hydrogens is 202 g/mol. The van der Waals surface area contributed by atoms with Crippen LogP contribution in [0.5, 0.6) is 0 Å². The third-order valence-electron chi connectivity index (χ3n) is 1.54. The molecule has 0 saturated heterocycles. The van der Waals surface area contributed by atoms with E-state index >= 15 is 0 Å². The fourth-order valence-electron chi connectivity index (χ4n) is 0.807. The number of likely N-dealkylation sites (N-methyl/N-ethyl adjacent to an activating group) is 1. The number of amides is 2. The summed E-state index contributed by atoms with van der Waals surface area (Å²) in [6, 6.07) is 0. The minimum absolute atomic E-state index is 0.0219. The van der Waals surface area contributed by atoms with Crippen LogP contribution in [0.15, 0.2) is 5.38 Å². The number of hydrogen-bond acceptors (Lipinski definition) is 4. The minimum Gasteiger partial charge on any atom is -0.358 e. The van der Waals surface area contributed by atoms with Gasteiger partial charge in [-0.3, -0.25) is 9.59 Å². The third-order valence-corrected chi connectivity index (χ3v) is 2.31. The number of aryl methyl sites for hydroxylation is 1. The van der Waals surface area contributed by atoms with Gasteiger partial charge < -0.3 is 10.6 Å². The summed E-state index contributed by atoms with van der Waals surface area (Å²) < 4.78 is 0. The van der Waals surface area contributed by atoms with Gasteiger partial charge in [-0.15, -0.1) is 11.3 Å². The molecule has 0 spiro atoms. The van der Waals surface area contributed by atoms with E-state index in [4.69, 9.17) is 0 Å². The van der Waals surface area contributed by atoms with Crippen molar-refractivity contribution in [1.29, 1.82) is 0 Å². The van der Waals surface area contributed by atoms with Gasteiger partial charge in [0, 0.05) is 12.4 Å². The Kier molecular flexibility index (Phi) is 3.58. The lowest BCUT2D eigenvalue weighted by Gasteiger charge is -2.00. The van der Waals surface area contributed by atoms with Gasteiger partial charge in [0.2, 0.25) is 5.91 Å². The highest BCUT2D eigenvalue weighted by Crippen LogP contribution is 2.07. The van der Waals surface area contributed by atoms with E-state index in [0.29, 0.717) is 5.69 Å². The van der Waals surface area contributed by atoms with Crippen molar-refractivity contribution in [3.05, 3.63) is 16.1 Å². The molecule has 0 saturated carbocycles. The molecular formula is C8H11N3O2S. The van der Waals surface area contributed by atoms with Crippen molar-refractivity contribution in [2.24, 2.45) is 0 Å². The van der Waals surface area contributed by atoms with Gasteiger partial charge in [-0.1, -0.05) is 0 Å². The smallest absolute Gasteiger partial charge is 0.271 e. The van der Waals surface area contributed by atoms with Gasteiger partial charge in [0.25, 0.3) is 5.91 Å². The second-order valence-corrected chi connectivity index (χ2v) is 3.67. The Labute approximate surface area is 85.5 Å². The van der Waals surface area contributed by atoms with E-state index in [2.05, 4.69) is 15.6 Å². The molecule has 0 aliphatic rings. The summed E-state index contributed by atoms with van der Waals surface area (Å²) in [7, 11) is 1.52. The van der Waals surface area contributed by atoms with Gasteiger partial charge in [-0.2, -0.15) is 0 Å². The maximum Gasteiger partial charge on any atom is 0.271 e. The van der Waals surface area contributed by atoms with Crippen molar-refractivity contribution in [2.45, 2.75) is 6.92 Å². The first-order chi connectivity index (χ1) is 6.63. The predicted octanol–water partition coefficient (Wildman–Crippen LogP) is -0.0727. The molecule has 1 heterocycles. The standard InChI is InChI=1S/C8H11N3O2S/c1-5-11-6(4-14-5)8(13)10-3-7(12)9-2/h4H,3H2,1-2H3,(H,9,12)(H,10,13). The normalized spacial score (nSPS) is 9.57. The molecule has 6 heteroatoms. The average Bonchev–Trinajstić information content (AvgIpc) is 2.60. The van der Waals surface area contributed by atoms with Crippen molar-refractivity contribution in [3.8, 4) is 0 Å². The Morgan fingerprint density at radius 3 is 2.79 bits per heavy atom. The maximum absolute atomic E-state index is 11.3. The maximum atomic E-state index is 11.3. The van der Waals surface area contributed by atoms with Crippen LogP contribution in [0.4, 0.5) is 0 Å². The van der Waals surface area contributed by atoms with Gasteiger partial charge in [0.05, 0.1) is 11.6 Å². The van der Waals surface area contributed by atoms with Crippen LogP contribution in [0.25, 0.3) is 0 Å². The lowest BCUT2D eigenvalue weighted by atomic mass is 10.4. The van der Waals surface area contributed by atoms with Gasteiger partial charge in [-0.25, -0.2) is 4.98 Å². The van der Waals surface area contributed by atoms with Crippen LogP contribution >= 0.6 is 11.3 Å². The van der Waals surface area contributed by atoms with Crippen molar-refractivity contribution >= 4 is 23.2 Å². The molecule has 5 nitrogen and oxygen atoms in total. The molecule has 14 heavy (non-hydrogen) atoms. The van der Waals surface area contributed by atoms with Gasteiger partial charge in [-0.05, 0) is 6.92 Å². The van der Waals surface area contributed by atoms with E-state index in [-0.39, 0.29) is 18.4 Å². The molecule has 0 unspecified atom stereocenters. The SMILES string of the molecule is CNC(=O)CNC(=O)c1csc(C)n1. The highest BCUT2D eigenvalue weighted by molar-refractivity contribution is 7.09. The first-order valence-electron chi connectivity index (χ1n) is 4.04. The average molecular weight is 213 g/mol. The van der Waals surface area contributed by atoms with Gasteiger partial charge in [0.1, 0.15) is 5.69 Å². The van der Waals surface area contributed by atoms with E-state index in [9.17, 15) is 9.59 Å². The Hall–Kier alpha value is -1.43. The summed E-state index contributed by atoms with van der Waals surface area (Å²) in [5, 5.41) is 7.35. The molecule has 0 atom stereocenters. The lowest BCUT2D eigenvalue weighted by molar-refractivity contribution is -0.119. The summed E-state index contributed by atoms with van der Waals surface area (Å²) in [6.45, 7) is 1.80. The monoisotopic (exact) mass is 213 g/mol. The summed E-state index contributed by atoms with van der Waals surface area (Å²) in [5.41, 5.74) is 0.358. The van der Waals surface area contributed by atoms with Crippen molar-refractivity contribution in [1.82, 2.24) is 15.6 Å². The minimum atomic E-state index is -0.321. The molecule has 2 N–H and O–H groups in total. The van der Waals surface area contributed by atoms with Crippen molar-refractivity contribution in [2.75, 3.05) is 13.6 Å². The summed E-state index contributed by atoms with van der Waals surface area (Å²) >= 11 is 1.40. The number of hydrogen-bond donors (Lipinski definition) is 2. The highest BCUT2D eigenvalue weighted by Gasteiger charge is 2.09. The number of aromatic nitrogens is 1. The Morgan fingerprint density at radius 2 is 2.29 bits per heavy atom. The molecule has 2 amide bonds. The fraction of sp³-hybridized carbons (Fsp3) is 0.375. The molecule has 0 fully saturated rings. The molecule has 1 aromatic rings. The second kappa shape index (κ2) is 4.71. The van der Waals surface area contributed by atoms with Crippen LogP contribution in [0.2, 0.25) is 0 Å². The third kappa shape index (κ3) is 2.81. The van der Waals surface area contributed by atoms with E-state index in [0.717, 1.165) is 5.01 Å². The first-order valence-corrected chi connectivity index (χ1v) is 4.92. The van der Waals surface area contributed by atoms with E-state index in [1.165, 1.54) is 18.4 Å². The van der Waals surface area contributed by atoms with Crippen molar-refractivity contribution in [3.63, 3.8) is 0 Å². The molecule has 76 valence electrons. The Morgan fingerprint density at radius 1 is 1.57 bits per heavy atom. The number of thiazole rings is 1. The van der Waals surface area contributed by atoms with Crippen LogP contribution in [0.3, 0.4) is 0 Å². The van der Waals surface area contributed by atoms with E-state index in [1.807, 2.05) is 6.92 Å². The second-order valence-electron chi connectivity index (χ2n) is 2.61. The summed E-state index contributed by atoms with van der Waals surface area (Å²) in [5.74, 6) is -0.553. The largest absolute Gasteiger partial charge is 0.358 e. The Bertz CT molecular complexity index is 348. The van der Waals surface area contributed by atoms with Crippen LogP contribution in [-0.4, -0.2) is 30.4 Å². The number of carbonyl (C=O) groups is 2. The lowest BCUT2D eigenvalue weighted by Crippen LogP contribution is -2.35. The number of carbonyl (C=O) groups excluding carboxylic acids is 2. The van der Waals surface area contributed by atoms with Crippen LogP contribution < -0.4 is 10.6 Å². The van der Waals surface area contributed by atoms with Crippen LogP contribution in [0.1, 0.15) is 15.5 Å².